The van der Waals surface area contributed by atoms with Gasteiger partial charge in [-0.3, -0.25) is 0 Å². The second-order valence-electron chi connectivity index (χ2n) is 1.56. The van der Waals surface area contributed by atoms with E-state index < -0.39 is 0 Å². The van der Waals surface area contributed by atoms with Gasteiger partial charge in [0.25, 0.3) is 0 Å². The lowest BCUT2D eigenvalue weighted by molar-refractivity contribution is 0.414. The first-order valence-electron chi connectivity index (χ1n) is 2.46. The van der Waals surface area contributed by atoms with Crippen molar-refractivity contribution in [2.45, 2.75) is 6.92 Å². The molecule has 0 saturated heterocycles. The van der Waals surface area contributed by atoms with E-state index in [1.54, 1.807) is 6.92 Å². The van der Waals surface area contributed by atoms with Crippen LogP contribution in [-0.2, 0) is 0 Å². The van der Waals surface area contributed by atoms with Crippen molar-refractivity contribution in [1.82, 2.24) is 0 Å². The molecule has 0 unspecified atom stereocenters. The molecular formula is C6H10N2O. The summed E-state index contributed by atoms with van der Waals surface area (Å²) < 4.78 is 0. The Morgan fingerprint density at radius 1 is 1.67 bits per heavy atom. The predicted molar refractivity (Wildman–Crippen MR) is 38.2 cm³/mol. The van der Waals surface area contributed by atoms with Gasteiger partial charge in [0.1, 0.15) is 5.82 Å². The zero-order valence-electron chi connectivity index (χ0n) is 5.33. The van der Waals surface area contributed by atoms with E-state index in [1.807, 2.05) is 0 Å². The Balaban J connectivity index is 3.98. The van der Waals surface area contributed by atoms with Gasteiger partial charge in [0.2, 0.25) is 0 Å². The molecule has 0 rings (SSSR count). The normalized spacial score (nSPS) is 13.4. The minimum atomic E-state index is 0.196. The summed E-state index contributed by atoms with van der Waals surface area (Å²) in [4.78, 5) is 3.39. The predicted octanol–water partition coefficient (Wildman–Crippen LogP) is 0.949. The molecule has 0 aliphatic heterocycles. The molecule has 0 saturated carbocycles. The van der Waals surface area contributed by atoms with E-state index in [9.17, 15) is 0 Å². The van der Waals surface area contributed by atoms with Crippen LogP contribution in [0.15, 0.2) is 28.7 Å². The van der Waals surface area contributed by atoms with Crippen LogP contribution in [0.3, 0.4) is 0 Å². The number of aliphatic hydroxyl groups is 1. The van der Waals surface area contributed by atoms with Crippen molar-refractivity contribution in [3.63, 3.8) is 0 Å². The number of hydrogen-bond donors (Lipinski definition) is 2. The lowest BCUT2D eigenvalue weighted by Gasteiger charge is -1.85. The molecule has 3 nitrogen and oxygen atoms in total. The average molecular weight is 126 g/mol. The number of hydrogen-bond acceptors (Lipinski definition) is 3. The highest BCUT2D eigenvalue weighted by Gasteiger charge is 1.77. The van der Waals surface area contributed by atoms with Crippen molar-refractivity contribution < 1.29 is 5.11 Å². The number of nitrogens with zero attached hydrogens (tertiary/aromatic N) is 1. The summed E-state index contributed by atoms with van der Waals surface area (Å²) in [6, 6.07) is 0. The van der Waals surface area contributed by atoms with Crippen molar-refractivity contribution in [2.75, 3.05) is 0 Å². The quantitative estimate of drug-likeness (QED) is 0.329. The highest BCUT2D eigenvalue weighted by molar-refractivity contribution is 5.29. The molecule has 0 aromatic heterocycles. The molecule has 0 atom stereocenters. The van der Waals surface area contributed by atoms with E-state index in [-0.39, 0.29) is 5.76 Å². The Bertz CT molecular complexity index is 154. The summed E-state index contributed by atoms with van der Waals surface area (Å²) in [6.45, 7) is 4.73. The van der Waals surface area contributed by atoms with Crippen molar-refractivity contribution in [3.8, 4) is 0 Å². The Kier molecular flexibility index (Phi) is 3.20. The fourth-order valence-electron chi connectivity index (χ4n) is 0.259. The van der Waals surface area contributed by atoms with E-state index in [0.29, 0.717) is 5.82 Å². The molecule has 0 aromatic rings. The van der Waals surface area contributed by atoms with Crippen LogP contribution in [0.25, 0.3) is 0 Å². The Morgan fingerprint density at radius 3 is 2.56 bits per heavy atom. The third-order valence-corrected chi connectivity index (χ3v) is 0.678. The number of allylic oxidation sites excluding steroid dienone is 3. The van der Waals surface area contributed by atoms with E-state index in [1.165, 1.54) is 12.2 Å². The van der Waals surface area contributed by atoms with Crippen LogP contribution in [0.2, 0.25) is 0 Å². The van der Waals surface area contributed by atoms with Gasteiger partial charge >= 0.3 is 0 Å². The number of aliphatic imine (C=N–C) groups is 1. The second kappa shape index (κ2) is 3.72. The number of rotatable bonds is 2. The molecule has 0 amide bonds. The maximum absolute atomic E-state index is 8.60. The van der Waals surface area contributed by atoms with Gasteiger partial charge in [0, 0.05) is 0 Å². The standard InChI is InChI=1S/C6H10N2O/c1-5(9)3-4-6(7)8-2/h3-4,9H,2,7H2,1H3/b5-3+,6-4-. The van der Waals surface area contributed by atoms with Crippen LogP contribution >= 0.6 is 0 Å². The monoisotopic (exact) mass is 126 g/mol. The minimum Gasteiger partial charge on any atom is -0.513 e. The molecule has 0 radical (unpaired) electrons. The van der Waals surface area contributed by atoms with E-state index in [4.69, 9.17) is 10.8 Å². The molecule has 3 heteroatoms. The lowest BCUT2D eigenvalue weighted by Crippen LogP contribution is -1.90. The van der Waals surface area contributed by atoms with Crippen molar-refractivity contribution in [3.05, 3.63) is 23.7 Å². The van der Waals surface area contributed by atoms with Gasteiger partial charge in [-0.2, -0.15) is 0 Å². The van der Waals surface area contributed by atoms with Crippen LogP contribution in [0.4, 0.5) is 0 Å². The first kappa shape index (κ1) is 7.75. The summed E-state index contributed by atoms with van der Waals surface area (Å²) in [7, 11) is 0. The molecule has 0 aliphatic rings. The van der Waals surface area contributed by atoms with Crippen LogP contribution in [0.1, 0.15) is 6.92 Å². The maximum Gasteiger partial charge on any atom is 0.122 e. The van der Waals surface area contributed by atoms with Gasteiger partial charge in [-0.25, -0.2) is 4.99 Å². The molecule has 0 heterocycles. The topological polar surface area (TPSA) is 58.6 Å². The van der Waals surface area contributed by atoms with Crippen molar-refractivity contribution >= 4 is 6.72 Å². The molecule has 0 bridgehead atoms. The largest absolute Gasteiger partial charge is 0.513 e. The number of aliphatic hydroxyl groups excluding tert-OH is 1. The maximum atomic E-state index is 8.60. The summed E-state index contributed by atoms with van der Waals surface area (Å²) in [5, 5.41) is 8.60. The van der Waals surface area contributed by atoms with Gasteiger partial charge in [-0.15, -0.1) is 0 Å². The SMILES string of the molecule is C=N/C(N)=C\C=C(/C)O. The van der Waals surface area contributed by atoms with E-state index in [2.05, 4.69) is 11.7 Å². The van der Waals surface area contributed by atoms with Crippen LogP contribution < -0.4 is 5.73 Å². The molecule has 0 spiro atoms. The van der Waals surface area contributed by atoms with E-state index >= 15 is 0 Å². The van der Waals surface area contributed by atoms with Crippen LogP contribution in [0, 0.1) is 0 Å². The Labute approximate surface area is 54.2 Å². The van der Waals surface area contributed by atoms with E-state index in [0.717, 1.165) is 0 Å². The molecular weight excluding hydrogens is 116 g/mol. The first-order valence-corrected chi connectivity index (χ1v) is 2.46. The zero-order chi connectivity index (χ0) is 7.28. The highest BCUT2D eigenvalue weighted by Crippen LogP contribution is 1.88. The highest BCUT2D eigenvalue weighted by atomic mass is 16.3. The van der Waals surface area contributed by atoms with Crippen LogP contribution in [0.5, 0.6) is 0 Å². The molecule has 3 N–H and O–H groups in total. The summed E-state index contributed by atoms with van der Waals surface area (Å²) in [5.74, 6) is 0.491. The van der Waals surface area contributed by atoms with Gasteiger partial charge in [0.15, 0.2) is 0 Å². The summed E-state index contributed by atoms with van der Waals surface area (Å²) in [5.41, 5.74) is 5.20. The fourth-order valence-corrected chi connectivity index (χ4v) is 0.259. The minimum absolute atomic E-state index is 0.196. The van der Waals surface area contributed by atoms with Crippen molar-refractivity contribution in [2.24, 2.45) is 10.7 Å². The lowest BCUT2D eigenvalue weighted by atomic mass is 10.4. The first-order chi connectivity index (χ1) is 4.16. The number of nitrogens with two attached hydrogens (primary N) is 1. The second-order valence-corrected chi connectivity index (χ2v) is 1.56. The van der Waals surface area contributed by atoms with Crippen molar-refractivity contribution in [1.29, 1.82) is 0 Å². The molecule has 0 aliphatic carbocycles. The van der Waals surface area contributed by atoms with Gasteiger partial charge in [-0.1, -0.05) is 0 Å². The smallest absolute Gasteiger partial charge is 0.122 e. The molecule has 0 fully saturated rings. The molecule has 0 aromatic carbocycles. The zero-order valence-corrected chi connectivity index (χ0v) is 5.33. The van der Waals surface area contributed by atoms with Gasteiger partial charge < -0.3 is 10.8 Å². The van der Waals surface area contributed by atoms with Gasteiger partial charge in [0.05, 0.1) is 5.76 Å². The molecule has 50 valence electrons. The van der Waals surface area contributed by atoms with Crippen LogP contribution in [-0.4, -0.2) is 11.8 Å². The fraction of sp³-hybridized carbons (Fsp3) is 0.167. The summed E-state index contributed by atoms with van der Waals surface area (Å²) in [6.07, 6.45) is 2.92. The summed E-state index contributed by atoms with van der Waals surface area (Å²) >= 11 is 0. The third kappa shape index (κ3) is 4.61. The average Bonchev–Trinajstić information content (AvgIpc) is 1.83. The third-order valence-electron chi connectivity index (χ3n) is 0.678. The van der Waals surface area contributed by atoms with Gasteiger partial charge in [-0.05, 0) is 25.8 Å². The molecule has 9 heavy (non-hydrogen) atoms. The Morgan fingerprint density at radius 2 is 2.22 bits per heavy atom. The Hall–Kier alpha value is -1.25.